The Morgan fingerprint density at radius 1 is 1.00 bits per heavy atom. The fourth-order valence-electron chi connectivity index (χ4n) is 5.73. The molecule has 1 saturated heterocycles. The van der Waals surface area contributed by atoms with Crippen molar-refractivity contribution in [2.75, 3.05) is 13.1 Å². The Morgan fingerprint density at radius 2 is 1.59 bits per heavy atom. The predicted octanol–water partition coefficient (Wildman–Crippen LogP) is 4.83. The van der Waals surface area contributed by atoms with Gasteiger partial charge < -0.3 is 10.0 Å². The summed E-state index contributed by atoms with van der Waals surface area (Å²) in [6.45, 7) is 3.24. The molecule has 18 heteroatoms. The van der Waals surface area contributed by atoms with Crippen LogP contribution in [0.3, 0.4) is 0 Å². The minimum absolute atomic E-state index is 0.0116. The molecule has 0 saturated carbocycles. The van der Waals surface area contributed by atoms with E-state index in [1.165, 1.54) is 36.2 Å². The third-order valence-electron chi connectivity index (χ3n) is 8.52. The zero-order valence-electron chi connectivity index (χ0n) is 27.1. The van der Waals surface area contributed by atoms with Gasteiger partial charge in [0.2, 0.25) is 17.4 Å². The van der Waals surface area contributed by atoms with E-state index in [0.29, 0.717) is 5.56 Å². The Bertz CT molecular complexity index is 2090. The number of aryl methyl sites for hydroxylation is 1. The molecule has 2 aliphatic rings. The summed E-state index contributed by atoms with van der Waals surface area (Å²) in [6, 6.07) is 18.8. The standard InChI is InChI=1S/C33H30F3N7O7S/c1-20-7-9-22(10-8-20)28-19-29(33(34,35)36)37-42(28)24-11-13-25(14-12-24)51(48,49)38-30(44)23-15-17-40(18-16-23)43(47)39-50-21(2)41-31(45)26-5-3-4-6-27(26)32(41)46/h3-14,19,21,23H,15-18H2,1-2H3,(H,38,44). The third kappa shape index (κ3) is 7.12. The number of hydrogen-bond acceptors (Lipinski definition) is 9. The van der Waals surface area contributed by atoms with Crippen molar-refractivity contribution in [3.05, 3.63) is 106 Å². The van der Waals surface area contributed by atoms with Gasteiger partial charge in [-0.15, -0.1) is 5.01 Å². The van der Waals surface area contributed by atoms with Crippen LogP contribution in [0, 0.1) is 18.0 Å². The molecule has 3 amide bonds. The molecule has 1 unspecified atom stereocenters. The van der Waals surface area contributed by atoms with Crippen LogP contribution in [0.5, 0.6) is 0 Å². The molecular weight excluding hydrogens is 695 g/mol. The smallest absolute Gasteiger partial charge is 0.435 e. The first-order valence-electron chi connectivity index (χ1n) is 15.6. The van der Waals surface area contributed by atoms with Crippen LogP contribution in [-0.2, 0) is 25.8 Å². The summed E-state index contributed by atoms with van der Waals surface area (Å²) in [5.41, 5.74) is 0.979. The number of aromatic nitrogens is 2. The van der Waals surface area contributed by atoms with Crippen LogP contribution in [0.15, 0.2) is 89.0 Å². The van der Waals surface area contributed by atoms with Gasteiger partial charge in [0.15, 0.2) is 5.69 Å². The van der Waals surface area contributed by atoms with Crippen LogP contribution in [0.25, 0.3) is 16.9 Å². The molecule has 0 spiro atoms. The maximum absolute atomic E-state index is 13.6. The summed E-state index contributed by atoms with van der Waals surface area (Å²) in [6.07, 6.45) is -5.73. The fraction of sp³-hybridized carbons (Fsp3) is 0.273. The van der Waals surface area contributed by atoms with E-state index < -0.39 is 51.8 Å². The first kappa shape index (κ1) is 35.1. The number of carbonyl (C=O) groups is 3. The first-order valence-corrected chi connectivity index (χ1v) is 17.1. The second-order valence-electron chi connectivity index (χ2n) is 11.9. The van der Waals surface area contributed by atoms with Crippen molar-refractivity contribution in [3.63, 3.8) is 0 Å². The number of hydrazine groups is 1. The Labute approximate surface area is 289 Å². The second kappa shape index (κ2) is 13.5. The van der Waals surface area contributed by atoms with E-state index in [4.69, 9.17) is 4.84 Å². The first-order chi connectivity index (χ1) is 24.1. The van der Waals surface area contributed by atoms with Crippen LogP contribution >= 0.6 is 0 Å². The molecule has 3 heterocycles. The zero-order valence-corrected chi connectivity index (χ0v) is 27.9. The van der Waals surface area contributed by atoms with Gasteiger partial charge in [-0.1, -0.05) is 42.0 Å². The largest absolute Gasteiger partial charge is 0.569 e. The molecule has 1 aromatic heterocycles. The Hall–Kier alpha value is -5.78. The number of amides is 3. The van der Waals surface area contributed by atoms with E-state index in [9.17, 15) is 41.2 Å². The molecule has 6 rings (SSSR count). The van der Waals surface area contributed by atoms with Crippen LogP contribution in [0.2, 0.25) is 0 Å². The number of benzene rings is 3. The van der Waals surface area contributed by atoms with Gasteiger partial charge in [0.25, 0.3) is 21.8 Å². The summed E-state index contributed by atoms with van der Waals surface area (Å²) in [4.78, 5) is 44.0. The summed E-state index contributed by atoms with van der Waals surface area (Å²) in [5, 5.41) is 21.0. The number of nitrogens with one attached hydrogen (secondary N) is 1. The van der Waals surface area contributed by atoms with Gasteiger partial charge in [-0.05, 0) is 69.2 Å². The molecule has 266 valence electrons. The lowest BCUT2D eigenvalue weighted by Gasteiger charge is -2.27. The van der Waals surface area contributed by atoms with E-state index >= 15 is 0 Å². The average molecular weight is 726 g/mol. The zero-order chi connectivity index (χ0) is 36.7. The number of alkyl halides is 3. The van der Waals surface area contributed by atoms with Gasteiger partial charge in [-0.3, -0.25) is 14.4 Å². The molecule has 1 N–H and O–H groups in total. The van der Waals surface area contributed by atoms with Crippen molar-refractivity contribution in [1.82, 2.24) is 24.4 Å². The van der Waals surface area contributed by atoms with Gasteiger partial charge in [0, 0.05) is 11.5 Å². The number of nitrogens with zero attached hydrogens (tertiary/aromatic N) is 6. The molecule has 14 nitrogen and oxygen atoms in total. The number of sulfonamides is 1. The van der Waals surface area contributed by atoms with Crippen molar-refractivity contribution in [1.29, 1.82) is 0 Å². The van der Waals surface area contributed by atoms with Crippen LogP contribution < -0.4 is 4.72 Å². The highest BCUT2D eigenvalue weighted by Crippen LogP contribution is 2.34. The van der Waals surface area contributed by atoms with Gasteiger partial charge in [-0.2, -0.15) is 18.3 Å². The normalized spacial score (nSPS) is 16.3. The summed E-state index contributed by atoms with van der Waals surface area (Å²) in [5.74, 6) is -2.74. The monoisotopic (exact) mass is 725 g/mol. The van der Waals surface area contributed by atoms with Crippen molar-refractivity contribution in [3.8, 4) is 16.9 Å². The molecule has 2 aliphatic heterocycles. The highest BCUT2D eigenvalue weighted by Gasteiger charge is 2.40. The maximum Gasteiger partial charge on any atom is 0.435 e. The molecule has 51 heavy (non-hydrogen) atoms. The molecule has 3 aromatic carbocycles. The lowest BCUT2D eigenvalue weighted by Crippen LogP contribution is -2.44. The highest BCUT2D eigenvalue weighted by molar-refractivity contribution is 7.90. The van der Waals surface area contributed by atoms with Crippen molar-refractivity contribution in [2.24, 2.45) is 11.2 Å². The summed E-state index contributed by atoms with van der Waals surface area (Å²) < 4.78 is 70.0. The number of imide groups is 1. The van der Waals surface area contributed by atoms with E-state index in [0.717, 1.165) is 33.3 Å². The Kier molecular flexibility index (Phi) is 9.28. The molecule has 0 aliphatic carbocycles. The summed E-state index contributed by atoms with van der Waals surface area (Å²) in [7, 11) is -4.37. The molecule has 4 aromatic rings. The number of piperidine rings is 1. The van der Waals surface area contributed by atoms with Crippen molar-refractivity contribution in [2.45, 2.75) is 44.0 Å². The SMILES string of the molecule is Cc1ccc(-c2cc(C(F)(F)F)nn2-c2ccc(S(=O)(=O)NC(=O)C3CCN([N+]([O-])=NOC(C)N4C(=O)c5ccccc5C4=O)CC3)cc2)cc1. The lowest BCUT2D eigenvalue weighted by atomic mass is 9.97. The number of halogens is 3. The van der Waals surface area contributed by atoms with Gasteiger partial charge in [0.1, 0.15) is 0 Å². The van der Waals surface area contributed by atoms with E-state index in [1.54, 1.807) is 36.4 Å². The molecular formula is C33H30F3N7O7S. The fourth-order valence-corrected chi connectivity index (χ4v) is 6.78. The Morgan fingerprint density at radius 3 is 2.16 bits per heavy atom. The predicted molar refractivity (Wildman–Crippen MR) is 172 cm³/mol. The quantitative estimate of drug-likeness (QED) is 0.110. The third-order valence-corrected chi connectivity index (χ3v) is 9.88. The minimum atomic E-state index is -4.72. The molecule has 1 fully saturated rings. The lowest BCUT2D eigenvalue weighted by molar-refractivity contribution is -0.714. The Balaban J connectivity index is 1.06. The average Bonchev–Trinajstić information content (AvgIpc) is 3.67. The van der Waals surface area contributed by atoms with Crippen molar-refractivity contribution >= 4 is 27.7 Å². The summed E-state index contributed by atoms with van der Waals surface area (Å²) >= 11 is 0. The maximum atomic E-state index is 13.6. The molecule has 1 atom stereocenters. The van der Waals surface area contributed by atoms with E-state index in [-0.39, 0.29) is 58.3 Å². The van der Waals surface area contributed by atoms with Crippen molar-refractivity contribution < 1.29 is 45.8 Å². The van der Waals surface area contributed by atoms with E-state index in [2.05, 4.69) is 10.4 Å². The molecule has 0 bridgehead atoms. The van der Waals surface area contributed by atoms with E-state index in [1.807, 2.05) is 11.6 Å². The van der Waals surface area contributed by atoms with Crippen LogP contribution in [0.4, 0.5) is 13.2 Å². The number of carbonyl (C=O) groups excluding carboxylic acids is 3. The highest BCUT2D eigenvalue weighted by atomic mass is 32.2. The van der Waals surface area contributed by atoms with Gasteiger partial charge in [-0.25, -0.2) is 22.7 Å². The van der Waals surface area contributed by atoms with Gasteiger partial charge >= 0.3 is 6.18 Å². The number of hydrogen-bond donors (Lipinski definition) is 1. The van der Waals surface area contributed by atoms with Crippen LogP contribution in [0.1, 0.15) is 51.7 Å². The number of fused-ring (bicyclic) bond motifs is 1. The van der Waals surface area contributed by atoms with Crippen LogP contribution in [-0.4, -0.2) is 70.1 Å². The minimum Gasteiger partial charge on any atom is -0.569 e. The molecule has 0 radical (unpaired) electrons. The second-order valence-corrected chi connectivity index (χ2v) is 13.6. The number of rotatable bonds is 9. The topological polar surface area (TPSA) is 169 Å². The van der Waals surface area contributed by atoms with Gasteiger partial charge in [0.05, 0.1) is 45.5 Å².